The Bertz CT molecular complexity index is 539. The molecule has 0 bridgehead atoms. The van der Waals surface area contributed by atoms with Gasteiger partial charge in [0.2, 0.25) is 5.89 Å². The summed E-state index contributed by atoms with van der Waals surface area (Å²) >= 11 is 0. The van der Waals surface area contributed by atoms with Gasteiger partial charge in [0.15, 0.2) is 5.82 Å². The highest BCUT2D eigenvalue weighted by Crippen LogP contribution is 2.24. The Kier molecular flexibility index (Phi) is 3.08. The molecule has 2 aromatic rings. The number of fused-ring (bicyclic) bond motifs is 1. The lowest BCUT2D eigenvalue weighted by Gasteiger charge is -2.23. The minimum Gasteiger partial charge on any atom is -0.377 e. The van der Waals surface area contributed by atoms with E-state index in [1.165, 1.54) is 11.1 Å². The highest BCUT2D eigenvalue weighted by molar-refractivity contribution is 5.30. The molecule has 0 saturated carbocycles. The molecule has 0 fully saturated rings. The molecule has 1 N–H and O–H groups in total. The number of ether oxygens (including phenoxy) is 1. The maximum Gasteiger partial charge on any atom is 0.244 e. The van der Waals surface area contributed by atoms with Gasteiger partial charge in [0.25, 0.3) is 0 Å². The fraction of sp³-hybridized carbons (Fsp3) is 0.385. The first-order valence-corrected chi connectivity index (χ1v) is 5.98. The van der Waals surface area contributed by atoms with Crippen molar-refractivity contribution in [1.82, 2.24) is 15.5 Å². The van der Waals surface area contributed by atoms with Gasteiger partial charge >= 0.3 is 0 Å². The Hall–Kier alpha value is -1.72. The number of aromatic nitrogens is 2. The molecule has 1 aliphatic rings. The average Bonchev–Trinajstić information content (AvgIpc) is 2.87. The molecule has 1 aromatic heterocycles. The molecule has 94 valence electrons. The topological polar surface area (TPSA) is 60.2 Å². The molecule has 0 aliphatic carbocycles. The van der Waals surface area contributed by atoms with Gasteiger partial charge in [-0.1, -0.05) is 29.4 Å². The van der Waals surface area contributed by atoms with E-state index in [1.807, 2.05) is 0 Å². The summed E-state index contributed by atoms with van der Waals surface area (Å²) in [5.41, 5.74) is 2.68. The van der Waals surface area contributed by atoms with Crippen LogP contribution < -0.4 is 5.32 Å². The number of hydrogen-bond acceptors (Lipinski definition) is 5. The van der Waals surface area contributed by atoms with Crippen molar-refractivity contribution >= 4 is 0 Å². The van der Waals surface area contributed by atoms with E-state index in [4.69, 9.17) is 9.26 Å². The smallest absolute Gasteiger partial charge is 0.244 e. The zero-order chi connectivity index (χ0) is 12.4. The van der Waals surface area contributed by atoms with Gasteiger partial charge in [-0.2, -0.15) is 4.98 Å². The summed E-state index contributed by atoms with van der Waals surface area (Å²) in [5, 5.41) is 7.30. The van der Waals surface area contributed by atoms with E-state index in [1.54, 1.807) is 7.11 Å². The first kappa shape index (κ1) is 11.4. The Balaban J connectivity index is 1.78. The second-order valence-corrected chi connectivity index (χ2v) is 4.39. The molecule has 0 amide bonds. The standard InChI is InChI=1S/C13H15N3O2/c1-17-8-12-15-13(18-16-12)11-6-9-4-2-3-5-10(9)7-14-11/h2-5,11,14H,6-8H2,1H3. The lowest BCUT2D eigenvalue weighted by atomic mass is 9.96. The monoisotopic (exact) mass is 245 g/mol. The zero-order valence-corrected chi connectivity index (χ0v) is 10.2. The quantitative estimate of drug-likeness (QED) is 0.890. The molecular formula is C13H15N3O2. The fourth-order valence-electron chi connectivity index (χ4n) is 2.23. The molecular weight excluding hydrogens is 230 g/mol. The third-order valence-electron chi connectivity index (χ3n) is 3.14. The molecule has 2 heterocycles. The third kappa shape index (κ3) is 2.14. The molecule has 0 spiro atoms. The summed E-state index contributed by atoms with van der Waals surface area (Å²) in [7, 11) is 1.62. The molecule has 1 aromatic carbocycles. The van der Waals surface area contributed by atoms with Gasteiger partial charge in [-0.3, -0.25) is 0 Å². The number of nitrogens with one attached hydrogen (secondary N) is 1. The summed E-state index contributed by atoms with van der Waals surface area (Å²) in [6.45, 7) is 1.22. The molecule has 5 nitrogen and oxygen atoms in total. The molecule has 5 heteroatoms. The predicted octanol–water partition coefficient (Wildman–Crippen LogP) is 1.60. The number of hydrogen-bond donors (Lipinski definition) is 1. The molecule has 1 atom stereocenters. The van der Waals surface area contributed by atoms with E-state index < -0.39 is 0 Å². The normalized spacial score (nSPS) is 18.6. The largest absolute Gasteiger partial charge is 0.377 e. The minimum atomic E-state index is 0.0954. The van der Waals surface area contributed by atoms with Gasteiger partial charge in [-0.15, -0.1) is 0 Å². The van der Waals surface area contributed by atoms with Crippen LogP contribution in [0.4, 0.5) is 0 Å². The zero-order valence-electron chi connectivity index (χ0n) is 10.2. The van der Waals surface area contributed by atoms with Crippen LogP contribution in [-0.4, -0.2) is 17.3 Å². The first-order valence-electron chi connectivity index (χ1n) is 5.98. The van der Waals surface area contributed by atoms with Crippen LogP contribution in [0.15, 0.2) is 28.8 Å². The summed E-state index contributed by atoms with van der Waals surface area (Å²) in [4.78, 5) is 4.33. The van der Waals surface area contributed by atoms with Crippen molar-refractivity contribution < 1.29 is 9.26 Å². The second-order valence-electron chi connectivity index (χ2n) is 4.39. The van der Waals surface area contributed by atoms with Crippen LogP contribution >= 0.6 is 0 Å². The number of nitrogens with zero attached hydrogens (tertiary/aromatic N) is 2. The lowest BCUT2D eigenvalue weighted by molar-refractivity contribution is 0.174. The van der Waals surface area contributed by atoms with Crippen LogP contribution in [0, 0.1) is 0 Å². The summed E-state index contributed by atoms with van der Waals surface area (Å²) in [5.74, 6) is 1.23. The van der Waals surface area contributed by atoms with E-state index in [0.717, 1.165) is 13.0 Å². The van der Waals surface area contributed by atoms with Gasteiger partial charge in [-0.25, -0.2) is 0 Å². The van der Waals surface area contributed by atoms with Gasteiger partial charge in [0.05, 0.1) is 6.04 Å². The van der Waals surface area contributed by atoms with Gasteiger partial charge in [0.1, 0.15) is 6.61 Å². The van der Waals surface area contributed by atoms with E-state index in [-0.39, 0.29) is 6.04 Å². The lowest BCUT2D eigenvalue weighted by Crippen LogP contribution is -2.28. The van der Waals surface area contributed by atoms with Crippen molar-refractivity contribution in [3.63, 3.8) is 0 Å². The number of methoxy groups -OCH3 is 1. The van der Waals surface area contributed by atoms with Crippen molar-refractivity contribution in [3.8, 4) is 0 Å². The number of benzene rings is 1. The fourth-order valence-corrected chi connectivity index (χ4v) is 2.23. The Morgan fingerprint density at radius 2 is 2.22 bits per heavy atom. The molecule has 1 unspecified atom stereocenters. The molecule has 1 aliphatic heterocycles. The minimum absolute atomic E-state index is 0.0954. The van der Waals surface area contributed by atoms with Crippen LogP contribution in [0.3, 0.4) is 0 Å². The number of rotatable bonds is 3. The Labute approximate surface area is 105 Å². The van der Waals surface area contributed by atoms with E-state index in [2.05, 4.69) is 39.7 Å². The Morgan fingerprint density at radius 1 is 1.39 bits per heavy atom. The Morgan fingerprint density at radius 3 is 3.06 bits per heavy atom. The van der Waals surface area contributed by atoms with Crippen molar-refractivity contribution in [3.05, 3.63) is 47.1 Å². The SMILES string of the molecule is COCc1noc(C2Cc3ccccc3CN2)n1. The predicted molar refractivity (Wildman–Crippen MR) is 64.7 cm³/mol. The van der Waals surface area contributed by atoms with Crippen LogP contribution in [0.25, 0.3) is 0 Å². The maximum atomic E-state index is 5.27. The summed E-state index contributed by atoms with van der Waals surface area (Å²) in [6, 6.07) is 8.51. The van der Waals surface area contributed by atoms with Crippen LogP contribution in [-0.2, 0) is 24.3 Å². The van der Waals surface area contributed by atoms with Gasteiger partial charge < -0.3 is 14.6 Å². The molecule has 3 rings (SSSR count). The third-order valence-corrected chi connectivity index (χ3v) is 3.14. The van der Waals surface area contributed by atoms with Crippen LogP contribution in [0.1, 0.15) is 28.9 Å². The van der Waals surface area contributed by atoms with Crippen molar-refractivity contribution in [2.75, 3.05) is 7.11 Å². The summed E-state index contributed by atoms with van der Waals surface area (Å²) in [6.07, 6.45) is 0.880. The highest BCUT2D eigenvalue weighted by atomic mass is 16.5. The molecule has 0 radical (unpaired) electrons. The summed E-state index contributed by atoms with van der Waals surface area (Å²) < 4.78 is 10.2. The van der Waals surface area contributed by atoms with Gasteiger partial charge in [-0.05, 0) is 17.5 Å². The van der Waals surface area contributed by atoms with E-state index in [0.29, 0.717) is 18.3 Å². The van der Waals surface area contributed by atoms with Crippen molar-refractivity contribution in [2.24, 2.45) is 0 Å². The maximum absolute atomic E-state index is 5.27. The second kappa shape index (κ2) is 4.88. The van der Waals surface area contributed by atoms with E-state index >= 15 is 0 Å². The molecule has 18 heavy (non-hydrogen) atoms. The van der Waals surface area contributed by atoms with Crippen molar-refractivity contribution in [2.45, 2.75) is 25.6 Å². The van der Waals surface area contributed by atoms with E-state index in [9.17, 15) is 0 Å². The average molecular weight is 245 g/mol. The highest BCUT2D eigenvalue weighted by Gasteiger charge is 2.23. The molecule has 0 saturated heterocycles. The van der Waals surface area contributed by atoms with Gasteiger partial charge in [0, 0.05) is 13.7 Å². The van der Waals surface area contributed by atoms with Crippen LogP contribution in [0.5, 0.6) is 0 Å². The van der Waals surface area contributed by atoms with Crippen molar-refractivity contribution in [1.29, 1.82) is 0 Å². The first-order chi connectivity index (χ1) is 8.86. The van der Waals surface area contributed by atoms with Crippen LogP contribution in [0.2, 0.25) is 0 Å².